The molecule has 1 aliphatic rings. The van der Waals surface area contributed by atoms with Crippen molar-refractivity contribution in [2.75, 3.05) is 19.6 Å². The minimum absolute atomic E-state index is 0. The first kappa shape index (κ1) is 17.4. The zero-order valence-corrected chi connectivity index (χ0v) is 13.5. The van der Waals surface area contributed by atoms with Gasteiger partial charge in [0.05, 0.1) is 13.1 Å². The standard InChI is InChI=1S/C14H23N3OS.ClH/c1-11(15)12-4-2-6-17(9-12)10-14(18)16-8-13-5-3-7-19-13;/h3,5,7,11-12H,2,4,6,8-10,15H2,1H3,(H,16,18);1H. The summed E-state index contributed by atoms with van der Waals surface area (Å²) in [5.74, 6) is 0.637. The van der Waals surface area contributed by atoms with E-state index in [-0.39, 0.29) is 24.4 Å². The molecule has 2 heterocycles. The van der Waals surface area contributed by atoms with Gasteiger partial charge >= 0.3 is 0 Å². The van der Waals surface area contributed by atoms with E-state index in [4.69, 9.17) is 5.73 Å². The summed E-state index contributed by atoms with van der Waals surface area (Å²) in [6.07, 6.45) is 2.33. The van der Waals surface area contributed by atoms with Crippen LogP contribution in [0, 0.1) is 5.92 Å². The Hall–Kier alpha value is -0.620. The molecule has 0 spiro atoms. The summed E-state index contributed by atoms with van der Waals surface area (Å²) in [4.78, 5) is 15.3. The molecule has 3 N–H and O–H groups in total. The number of carbonyl (C=O) groups excluding carboxylic acids is 1. The van der Waals surface area contributed by atoms with E-state index < -0.39 is 0 Å². The quantitative estimate of drug-likeness (QED) is 0.871. The van der Waals surface area contributed by atoms with Gasteiger partial charge in [0.15, 0.2) is 0 Å². The third-order valence-corrected chi connectivity index (χ3v) is 4.57. The van der Waals surface area contributed by atoms with Crippen LogP contribution in [0.2, 0.25) is 0 Å². The number of amides is 1. The van der Waals surface area contributed by atoms with Crippen LogP contribution >= 0.6 is 23.7 Å². The first-order valence-corrected chi connectivity index (χ1v) is 7.80. The van der Waals surface area contributed by atoms with Gasteiger partial charge < -0.3 is 11.1 Å². The zero-order valence-electron chi connectivity index (χ0n) is 11.9. The number of likely N-dealkylation sites (tertiary alicyclic amines) is 1. The van der Waals surface area contributed by atoms with Crippen molar-refractivity contribution in [3.63, 3.8) is 0 Å². The van der Waals surface area contributed by atoms with Gasteiger partial charge in [-0.2, -0.15) is 0 Å². The average molecular weight is 318 g/mol. The maximum absolute atomic E-state index is 11.9. The number of thiophene rings is 1. The number of nitrogens with two attached hydrogens (primary N) is 1. The van der Waals surface area contributed by atoms with Crippen molar-refractivity contribution in [2.45, 2.75) is 32.4 Å². The van der Waals surface area contributed by atoms with Crippen LogP contribution in [-0.4, -0.2) is 36.5 Å². The van der Waals surface area contributed by atoms with Crippen molar-refractivity contribution in [3.05, 3.63) is 22.4 Å². The van der Waals surface area contributed by atoms with E-state index in [1.807, 2.05) is 17.5 Å². The SMILES string of the molecule is CC(N)C1CCCN(CC(=O)NCc2cccs2)C1.Cl. The van der Waals surface area contributed by atoms with E-state index in [0.29, 0.717) is 19.0 Å². The number of hydrogen-bond donors (Lipinski definition) is 2. The molecule has 6 heteroatoms. The first-order valence-electron chi connectivity index (χ1n) is 6.92. The van der Waals surface area contributed by atoms with Gasteiger partial charge in [0.2, 0.25) is 5.91 Å². The maximum atomic E-state index is 11.9. The molecule has 2 atom stereocenters. The maximum Gasteiger partial charge on any atom is 0.234 e. The average Bonchev–Trinajstić information content (AvgIpc) is 2.90. The van der Waals surface area contributed by atoms with Gasteiger partial charge in [-0.3, -0.25) is 9.69 Å². The number of nitrogens with one attached hydrogen (secondary N) is 1. The van der Waals surface area contributed by atoms with Gasteiger partial charge in [-0.05, 0) is 43.7 Å². The molecule has 0 bridgehead atoms. The molecule has 1 aromatic heterocycles. The van der Waals surface area contributed by atoms with Crippen LogP contribution in [-0.2, 0) is 11.3 Å². The van der Waals surface area contributed by atoms with Gasteiger partial charge in [0.25, 0.3) is 0 Å². The topological polar surface area (TPSA) is 58.4 Å². The van der Waals surface area contributed by atoms with E-state index in [9.17, 15) is 4.79 Å². The summed E-state index contributed by atoms with van der Waals surface area (Å²) < 4.78 is 0. The molecule has 0 radical (unpaired) electrons. The van der Waals surface area contributed by atoms with Crippen molar-refractivity contribution in [1.82, 2.24) is 10.2 Å². The number of rotatable bonds is 5. The van der Waals surface area contributed by atoms with Crippen LogP contribution in [0.15, 0.2) is 17.5 Å². The lowest BCUT2D eigenvalue weighted by Gasteiger charge is -2.34. The smallest absolute Gasteiger partial charge is 0.234 e. The lowest BCUT2D eigenvalue weighted by atomic mass is 9.92. The van der Waals surface area contributed by atoms with Crippen LogP contribution < -0.4 is 11.1 Å². The number of carbonyl (C=O) groups is 1. The molecule has 4 nitrogen and oxygen atoms in total. The molecule has 1 saturated heterocycles. The molecular weight excluding hydrogens is 294 g/mol. The summed E-state index contributed by atoms with van der Waals surface area (Å²) in [7, 11) is 0. The molecule has 114 valence electrons. The minimum Gasteiger partial charge on any atom is -0.350 e. The molecule has 1 amide bonds. The van der Waals surface area contributed by atoms with E-state index >= 15 is 0 Å². The molecule has 1 aliphatic heterocycles. The highest BCUT2D eigenvalue weighted by Gasteiger charge is 2.23. The largest absolute Gasteiger partial charge is 0.350 e. The van der Waals surface area contributed by atoms with Crippen molar-refractivity contribution >= 4 is 29.7 Å². The van der Waals surface area contributed by atoms with Crippen molar-refractivity contribution < 1.29 is 4.79 Å². The molecule has 2 rings (SSSR count). The minimum atomic E-state index is 0. The molecule has 20 heavy (non-hydrogen) atoms. The number of hydrogen-bond acceptors (Lipinski definition) is 4. The molecule has 2 unspecified atom stereocenters. The number of halogens is 1. The van der Waals surface area contributed by atoms with Crippen LogP contribution in [0.4, 0.5) is 0 Å². The zero-order chi connectivity index (χ0) is 13.7. The summed E-state index contributed by atoms with van der Waals surface area (Å²) in [6.45, 7) is 5.15. The monoisotopic (exact) mass is 317 g/mol. The lowest BCUT2D eigenvalue weighted by Crippen LogP contribution is -2.46. The lowest BCUT2D eigenvalue weighted by molar-refractivity contribution is -0.122. The third-order valence-electron chi connectivity index (χ3n) is 3.69. The van der Waals surface area contributed by atoms with E-state index in [1.165, 1.54) is 11.3 Å². The van der Waals surface area contributed by atoms with E-state index in [1.54, 1.807) is 11.3 Å². The fraction of sp³-hybridized carbons (Fsp3) is 0.643. The van der Waals surface area contributed by atoms with Crippen molar-refractivity contribution in [1.29, 1.82) is 0 Å². The van der Waals surface area contributed by atoms with Gasteiger partial charge in [0, 0.05) is 17.5 Å². The highest BCUT2D eigenvalue weighted by molar-refractivity contribution is 7.09. The first-order chi connectivity index (χ1) is 9.15. The summed E-state index contributed by atoms with van der Waals surface area (Å²) in [5.41, 5.74) is 5.96. The van der Waals surface area contributed by atoms with Gasteiger partial charge in [-0.15, -0.1) is 23.7 Å². The van der Waals surface area contributed by atoms with Gasteiger partial charge in [-0.25, -0.2) is 0 Å². The highest BCUT2D eigenvalue weighted by Crippen LogP contribution is 2.18. The van der Waals surface area contributed by atoms with Crippen LogP contribution in [0.25, 0.3) is 0 Å². The molecular formula is C14H24ClN3OS. The van der Waals surface area contributed by atoms with E-state index in [2.05, 4.69) is 17.1 Å². The Labute approximate surface area is 131 Å². The van der Waals surface area contributed by atoms with Crippen LogP contribution in [0.5, 0.6) is 0 Å². The highest BCUT2D eigenvalue weighted by atomic mass is 35.5. The number of piperidine rings is 1. The molecule has 0 aromatic carbocycles. The van der Waals surface area contributed by atoms with Crippen LogP contribution in [0.1, 0.15) is 24.6 Å². The summed E-state index contributed by atoms with van der Waals surface area (Å²) >= 11 is 1.67. The Morgan fingerprint density at radius 1 is 1.65 bits per heavy atom. The summed E-state index contributed by atoms with van der Waals surface area (Å²) in [6, 6.07) is 4.26. The Morgan fingerprint density at radius 3 is 3.10 bits per heavy atom. The van der Waals surface area contributed by atoms with Crippen molar-refractivity contribution in [2.24, 2.45) is 11.7 Å². The summed E-state index contributed by atoms with van der Waals surface area (Å²) in [5, 5.41) is 5.00. The van der Waals surface area contributed by atoms with E-state index in [0.717, 1.165) is 19.5 Å². The number of nitrogens with zero attached hydrogens (tertiary/aromatic N) is 1. The van der Waals surface area contributed by atoms with Crippen molar-refractivity contribution in [3.8, 4) is 0 Å². The molecule has 1 fully saturated rings. The molecule has 0 aliphatic carbocycles. The van der Waals surface area contributed by atoms with Gasteiger partial charge in [-0.1, -0.05) is 6.07 Å². The van der Waals surface area contributed by atoms with Crippen LogP contribution in [0.3, 0.4) is 0 Å². The predicted molar refractivity (Wildman–Crippen MR) is 86.2 cm³/mol. The fourth-order valence-corrected chi connectivity index (χ4v) is 3.17. The van der Waals surface area contributed by atoms with Gasteiger partial charge in [0.1, 0.15) is 0 Å². The third kappa shape index (κ3) is 5.40. The Balaban J connectivity index is 0.00000200. The molecule has 1 aromatic rings. The fourth-order valence-electron chi connectivity index (χ4n) is 2.52. The second kappa shape index (κ2) is 8.62. The Morgan fingerprint density at radius 2 is 2.45 bits per heavy atom. The Bertz CT molecular complexity index is 397. The Kier molecular flexibility index (Phi) is 7.51. The second-order valence-corrected chi connectivity index (χ2v) is 6.38. The predicted octanol–water partition coefficient (Wildman–Crippen LogP) is 1.85. The normalized spacial score (nSPS) is 21.0. The second-order valence-electron chi connectivity index (χ2n) is 5.35. The molecule has 0 saturated carbocycles.